The van der Waals surface area contributed by atoms with Crippen molar-refractivity contribution in [3.8, 4) is 0 Å². The molecule has 0 radical (unpaired) electrons. The first-order valence-corrected chi connectivity index (χ1v) is 6.91. The Kier molecular flexibility index (Phi) is 5.43. The van der Waals surface area contributed by atoms with E-state index >= 15 is 0 Å². The van der Waals surface area contributed by atoms with Gasteiger partial charge in [0.2, 0.25) is 5.78 Å². The highest BCUT2D eigenvalue weighted by atomic mass is 19.4. The van der Waals surface area contributed by atoms with E-state index in [-0.39, 0.29) is 12.6 Å². The van der Waals surface area contributed by atoms with Gasteiger partial charge in [0.25, 0.3) is 0 Å². The van der Waals surface area contributed by atoms with Crippen LogP contribution in [-0.2, 0) is 14.3 Å². The molecule has 0 spiro atoms. The molecular weight excluding hydrogens is 325 g/mol. The highest BCUT2D eigenvalue weighted by Crippen LogP contribution is 2.36. The molecule has 0 aromatic carbocycles. The molecule has 0 saturated carbocycles. The van der Waals surface area contributed by atoms with Crippen molar-refractivity contribution in [1.82, 2.24) is 4.90 Å². The molecule has 4 nitrogen and oxygen atoms in total. The van der Waals surface area contributed by atoms with Crippen LogP contribution in [0.4, 0.5) is 22.0 Å². The van der Waals surface area contributed by atoms with Gasteiger partial charge in [-0.15, -0.1) is 0 Å². The molecule has 1 saturated heterocycles. The third-order valence-electron chi connectivity index (χ3n) is 3.06. The smallest absolute Gasteiger partial charge is 0.458 e. The van der Waals surface area contributed by atoms with E-state index in [1.54, 1.807) is 20.8 Å². The van der Waals surface area contributed by atoms with Crippen molar-refractivity contribution in [2.24, 2.45) is 0 Å². The second kappa shape index (κ2) is 6.45. The van der Waals surface area contributed by atoms with E-state index < -0.39 is 35.5 Å². The number of carbonyl (C=O) groups is 2. The maximum absolute atomic E-state index is 12.8. The number of ketones is 1. The Labute approximate surface area is 130 Å². The van der Waals surface area contributed by atoms with Crippen LogP contribution in [-0.4, -0.2) is 46.9 Å². The fraction of sp³-hybridized carbons (Fsp3) is 0.714. The van der Waals surface area contributed by atoms with Crippen LogP contribution in [0.1, 0.15) is 33.6 Å². The van der Waals surface area contributed by atoms with Crippen molar-refractivity contribution in [1.29, 1.82) is 0 Å². The standard InChI is InChI=1S/C14H18F5NO3/c1-12(2,3)23-11(22)9-5-4-7-20(9)8-6-10(21)13(15,16)14(17,18)19/h6,8-9H,4-5,7H2,1-3H3/t9-/m0/s1. The number of rotatable bonds is 4. The average molecular weight is 343 g/mol. The average Bonchev–Trinajstić information content (AvgIpc) is 2.80. The number of hydrogen-bond donors (Lipinski definition) is 0. The molecule has 1 aliphatic rings. The molecule has 0 aromatic heterocycles. The SMILES string of the molecule is CC(C)(C)OC(=O)[C@@H]1CCCN1C=CC(=O)C(F)(F)C(F)(F)F. The van der Waals surface area contributed by atoms with E-state index in [9.17, 15) is 31.5 Å². The second-order valence-corrected chi connectivity index (χ2v) is 6.18. The van der Waals surface area contributed by atoms with Crippen molar-refractivity contribution >= 4 is 11.8 Å². The van der Waals surface area contributed by atoms with Gasteiger partial charge < -0.3 is 9.64 Å². The molecule has 0 unspecified atom stereocenters. The van der Waals surface area contributed by atoms with Gasteiger partial charge in [-0.25, -0.2) is 4.79 Å². The zero-order valence-corrected chi connectivity index (χ0v) is 12.9. The van der Waals surface area contributed by atoms with Gasteiger partial charge >= 0.3 is 18.1 Å². The van der Waals surface area contributed by atoms with Crippen molar-refractivity contribution in [3.63, 3.8) is 0 Å². The lowest BCUT2D eigenvalue weighted by Gasteiger charge is -2.26. The third-order valence-corrected chi connectivity index (χ3v) is 3.06. The van der Waals surface area contributed by atoms with Crippen LogP contribution in [0.25, 0.3) is 0 Å². The van der Waals surface area contributed by atoms with Gasteiger partial charge in [-0.05, 0) is 33.6 Å². The van der Waals surface area contributed by atoms with Gasteiger partial charge in [-0.3, -0.25) is 4.79 Å². The molecule has 132 valence electrons. The van der Waals surface area contributed by atoms with Gasteiger partial charge in [0.1, 0.15) is 11.6 Å². The molecule has 1 heterocycles. The van der Waals surface area contributed by atoms with Gasteiger partial charge in [-0.1, -0.05) is 0 Å². The van der Waals surface area contributed by atoms with Crippen LogP contribution >= 0.6 is 0 Å². The number of likely N-dealkylation sites (tertiary alicyclic amines) is 1. The first-order valence-electron chi connectivity index (χ1n) is 6.91. The van der Waals surface area contributed by atoms with Crippen molar-refractivity contribution < 1.29 is 36.3 Å². The Morgan fingerprint density at radius 2 is 1.70 bits per heavy atom. The number of carbonyl (C=O) groups excluding carboxylic acids is 2. The summed E-state index contributed by atoms with van der Waals surface area (Å²) in [7, 11) is 0. The number of allylic oxidation sites excluding steroid dienone is 1. The summed E-state index contributed by atoms with van der Waals surface area (Å²) in [5.41, 5.74) is -0.756. The minimum Gasteiger partial charge on any atom is -0.458 e. The van der Waals surface area contributed by atoms with Gasteiger partial charge in [-0.2, -0.15) is 22.0 Å². The fourth-order valence-corrected chi connectivity index (χ4v) is 2.00. The zero-order valence-electron chi connectivity index (χ0n) is 12.9. The predicted molar refractivity (Wildman–Crippen MR) is 70.7 cm³/mol. The molecule has 1 fully saturated rings. The molecule has 1 atom stereocenters. The Morgan fingerprint density at radius 1 is 1.13 bits per heavy atom. The minimum atomic E-state index is -5.95. The largest absolute Gasteiger partial charge is 0.461 e. The van der Waals surface area contributed by atoms with E-state index in [1.807, 2.05) is 0 Å². The van der Waals surface area contributed by atoms with Gasteiger partial charge in [0.15, 0.2) is 0 Å². The lowest BCUT2D eigenvalue weighted by molar-refractivity contribution is -0.266. The Hall–Kier alpha value is -1.67. The highest BCUT2D eigenvalue weighted by Gasteiger charge is 2.62. The minimum absolute atomic E-state index is 0.149. The van der Waals surface area contributed by atoms with E-state index in [2.05, 4.69) is 0 Å². The summed E-state index contributed by atoms with van der Waals surface area (Å²) in [6.07, 6.45) is -4.12. The molecule has 1 aliphatic heterocycles. The zero-order chi connectivity index (χ0) is 18.1. The number of esters is 1. The monoisotopic (exact) mass is 343 g/mol. The third kappa shape index (κ3) is 4.90. The summed E-state index contributed by atoms with van der Waals surface area (Å²) in [5.74, 6) is -8.44. The Morgan fingerprint density at radius 3 is 2.17 bits per heavy atom. The van der Waals surface area contributed by atoms with Crippen LogP contribution in [0, 0.1) is 0 Å². The van der Waals surface area contributed by atoms with Gasteiger partial charge in [0.05, 0.1) is 0 Å². The number of halogens is 5. The number of alkyl halides is 5. The first kappa shape index (κ1) is 19.4. The molecule has 0 bridgehead atoms. The lowest BCUT2D eigenvalue weighted by atomic mass is 10.1. The summed E-state index contributed by atoms with van der Waals surface area (Å²) >= 11 is 0. The molecule has 23 heavy (non-hydrogen) atoms. The van der Waals surface area contributed by atoms with Crippen LogP contribution in [0.5, 0.6) is 0 Å². The molecule has 0 aromatic rings. The fourth-order valence-electron chi connectivity index (χ4n) is 2.00. The molecular formula is C14H18F5NO3. The quantitative estimate of drug-likeness (QED) is 0.447. The second-order valence-electron chi connectivity index (χ2n) is 6.18. The van der Waals surface area contributed by atoms with Crippen LogP contribution in [0.3, 0.4) is 0 Å². The van der Waals surface area contributed by atoms with Crippen molar-refractivity contribution in [2.45, 2.75) is 57.4 Å². The summed E-state index contributed by atoms with van der Waals surface area (Å²) in [5, 5.41) is 0. The molecule has 0 aliphatic carbocycles. The van der Waals surface area contributed by atoms with Crippen LogP contribution in [0.15, 0.2) is 12.3 Å². The predicted octanol–water partition coefficient (Wildman–Crippen LogP) is 3.07. The Balaban J connectivity index is 2.79. The van der Waals surface area contributed by atoms with Crippen LogP contribution in [0.2, 0.25) is 0 Å². The normalized spacial score (nSPS) is 20.2. The summed E-state index contributed by atoms with van der Waals surface area (Å²) < 4.78 is 67.1. The van der Waals surface area contributed by atoms with Crippen LogP contribution < -0.4 is 0 Å². The number of ether oxygens (including phenoxy) is 1. The van der Waals surface area contributed by atoms with E-state index in [0.29, 0.717) is 12.8 Å². The van der Waals surface area contributed by atoms with E-state index in [0.717, 1.165) is 6.20 Å². The first-order chi connectivity index (χ1) is 10.3. The Bertz CT molecular complexity index is 494. The maximum atomic E-state index is 12.8. The number of nitrogens with zero attached hydrogens (tertiary/aromatic N) is 1. The summed E-state index contributed by atoms with van der Waals surface area (Å²) in [4.78, 5) is 24.3. The maximum Gasteiger partial charge on any atom is 0.461 e. The highest BCUT2D eigenvalue weighted by molar-refractivity contribution is 5.96. The van der Waals surface area contributed by atoms with Gasteiger partial charge in [0, 0.05) is 18.8 Å². The summed E-state index contributed by atoms with van der Waals surface area (Å²) in [6.45, 7) is 5.19. The molecule has 1 rings (SSSR count). The molecule has 0 N–H and O–H groups in total. The van der Waals surface area contributed by atoms with Crippen molar-refractivity contribution in [3.05, 3.63) is 12.3 Å². The van der Waals surface area contributed by atoms with Crippen molar-refractivity contribution in [2.75, 3.05) is 6.54 Å². The number of hydrogen-bond acceptors (Lipinski definition) is 4. The molecule has 9 heteroatoms. The topological polar surface area (TPSA) is 46.6 Å². The van der Waals surface area contributed by atoms with E-state index in [4.69, 9.17) is 4.74 Å². The summed E-state index contributed by atoms with van der Waals surface area (Å²) in [6, 6.07) is -0.808. The molecule has 0 amide bonds. The van der Waals surface area contributed by atoms with E-state index in [1.165, 1.54) is 4.90 Å². The lowest BCUT2D eigenvalue weighted by Crippen LogP contribution is -2.43.